The number of carbonyl (C=O) groups is 2. The van der Waals surface area contributed by atoms with E-state index in [1.54, 1.807) is 25.1 Å². The summed E-state index contributed by atoms with van der Waals surface area (Å²) in [5, 5.41) is 2.58. The molecule has 0 saturated carbocycles. The third-order valence-corrected chi connectivity index (χ3v) is 5.82. The molecule has 7 nitrogen and oxygen atoms in total. The van der Waals surface area contributed by atoms with E-state index in [1.165, 1.54) is 19.2 Å². The van der Waals surface area contributed by atoms with Crippen LogP contribution in [0.1, 0.15) is 12.5 Å². The zero-order valence-electron chi connectivity index (χ0n) is 15.9. The van der Waals surface area contributed by atoms with Crippen molar-refractivity contribution in [2.75, 3.05) is 20.2 Å². The summed E-state index contributed by atoms with van der Waals surface area (Å²) in [5.74, 6) is -1.15. The van der Waals surface area contributed by atoms with Crippen LogP contribution in [-0.2, 0) is 30.8 Å². The van der Waals surface area contributed by atoms with E-state index in [2.05, 4.69) is 5.32 Å². The Balaban J connectivity index is 2.07. The molecular formula is C20H24N2O5S. The molecule has 0 bridgehead atoms. The third kappa shape index (κ3) is 5.90. The molecular weight excluding hydrogens is 380 g/mol. The highest BCUT2D eigenvalue weighted by atomic mass is 32.2. The van der Waals surface area contributed by atoms with Gasteiger partial charge in [0.2, 0.25) is 15.9 Å². The lowest BCUT2D eigenvalue weighted by Gasteiger charge is -2.20. The molecule has 1 N–H and O–H groups in total. The lowest BCUT2D eigenvalue weighted by molar-refractivity contribution is -0.147. The maximum atomic E-state index is 12.5. The predicted molar refractivity (Wildman–Crippen MR) is 105 cm³/mol. The zero-order chi connectivity index (χ0) is 20.6. The Bertz CT molecular complexity index is 885. The fourth-order valence-electron chi connectivity index (χ4n) is 2.59. The summed E-state index contributed by atoms with van der Waals surface area (Å²) in [6, 6.07) is 16.1. The van der Waals surface area contributed by atoms with Crippen LogP contribution in [0.25, 0.3) is 0 Å². The van der Waals surface area contributed by atoms with E-state index in [1.807, 2.05) is 30.3 Å². The first-order chi connectivity index (χ1) is 13.3. The highest BCUT2D eigenvalue weighted by Gasteiger charge is 2.26. The number of rotatable bonds is 9. The number of ether oxygens (including phenoxy) is 1. The number of esters is 1. The van der Waals surface area contributed by atoms with Crippen molar-refractivity contribution in [3.8, 4) is 0 Å². The first kappa shape index (κ1) is 21.6. The molecule has 0 aromatic heterocycles. The second kappa shape index (κ2) is 10.0. The minimum absolute atomic E-state index is 0.0940. The fraction of sp³-hybridized carbons (Fsp3) is 0.300. The summed E-state index contributed by atoms with van der Waals surface area (Å²) in [6.45, 7) is 1.45. The quantitative estimate of drug-likeness (QED) is 0.641. The van der Waals surface area contributed by atoms with Crippen LogP contribution in [0, 0.1) is 0 Å². The lowest BCUT2D eigenvalue weighted by Crippen LogP contribution is -2.47. The minimum Gasteiger partial charge on any atom is -0.464 e. The molecule has 0 aliphatic carbocycles. The minimum atomic E-state index is -3.80. The highest BCUT2D eigenvalue weighted by molar-refractivity contribution is 7.89. The first-order valence-electron chi connectivity index (χ1n) is 8.86. The van der Waals surface area contributed by atoms with E-state index in [-0.39, 0.29) is 17.9 Å². The van der Waals surface area contributed by atoms with E-state index < -0.39 is 34.5 Å². The van der Waals surface area contributed by atoms with Crippen LogP contribution in [-0.4, -0.2) is 50.8 Å². The second-order valence-electron chi connectivity index (χ2n) is 6.14. The van der Waals surface area contributed by atoms with Gasteiger partial charge in [-0.1, -0.05) is 48.5 Å². The van der Waals surface area contributed by atoms with Gasteiger partial charge in [-0.25, -0.2) is 13.2 Å². The lowest BCUT2D eigenvalue weighted by atomic mass is 10.1. The molecule has 0 radical (unpaired) electrons. The molecule has 1 unspecified atom stereocenters. The average Bonchev–Trinajstić information content (AvgIpc) is 2.69. The van der Waals surface area contributed by atoms with E-state index in [0.717, 1.165) is 9.87 Å². The van der Waals surface area contributed by atoms with Gasteiger partial charge in [-0.3, -0.25) is 4.79 Å². The normalized spacial score (nSPS) is 12.4. The van der Waals surface area contributed by atoms with Crippen LogP contribution in [0.4, 0.5) is 0 Å². The molecule has 0 saturated heterocycles. The van der Waals surface area contributed by atoms with Crippen molar-refractivity contribution in [1.82, 2.24) is 9.62 Å². The van der Waals surface area contributed by atoms with Gasteiger partial charge >= 0.3 is 5.97 Å². The second-order valence-corrected chi connectivity index (χ2v) is 8.18. The van der Waals surface area contributed by atoms with Gasteiger partial charge in [-0.2, -0.15) is 4.31 Å². The molecule has 2 aromatic rings. The maximum absolute atomic E-state index is 12.5. The molecule has 0 aliphatic rings. The van der Waals surface area contributed by atoms with Gasteiger partial charge in [0.1, 0.15) is 6.04 Å². The van der Waals surface area contributed by atoms with Gasteiger partial charge in [0, 0.05) is 13.5 Å². The Morgan fingerprint density at radius 3 is 2.18 bits per heavy atom. The van der Waals surface area contributed by atoms with Crippen molar-refractivity contribution in [2.24, 2.45) is 0 Å². The monoisotopic (exact) mass is 404 g/mol. The van der Waals surface area contributed by atoms with E-state index in [0.29, 0.717) is 0 Å². The van der Waals surface area contributed by atoms with Gasteiger partial charge in [0.25, 0.3) is 0 Å². The van der Waals surface area contributed by atoms with Gasteiger partial charge in [0.05, 0.1) is 18.0 Å². The Kier molecular flexibility index (Phi) is 7.71. The van der Waals surface area contributed by atoms with Crippen LogP contribution in [0.5, 0.6) is 0 Å². The Morgan fingerprint density at radius 1 is 1.04 bits per heavy atom. The zero-order valence-corrected chi connectivity index (χ0v) is 16.7. The largest absolute Gasteiger partial charge is 0.464 e. The van der Waals surface area contributed by atoms with Crippen LogP contribution < -0.4 is 5.32 Å². The number of carbonyl (C=O) groups excluding carboxylic acids is 2. The van der Waals surface area contributed by atoms with Crippen LogP contribution in [0.2, 0.25) is 0 Å². The molecule has 0 fully saturated rings. The topological polar surface area (TPSA) is 92.8 Å². The van der Waals surface area contributed by atoms with Crippen LogP contribution in [0.3, 0.4) is 0 Å². The van der Waals surface area contributed by atoms with Crippen molar-refractivity contribution >= 4 is 21.9 Å². The van der Waals surface area contributed by atoms with Crippen molar-refractivity contribution in [3.63, 3.8) is 0 Å². The summed E-state index contributed by atoms with van der Waals surface area (Å²) in [4.78, 5) is 24.7. The van der Waals surface area contributed by atoms with Crippen molar-refractivity contribution < 1.29 is 22.7 Å². The molecule has 1 atom stereocenters. The molecule has 2 rings (SSSR count). The molecule has 2 aromatic carbocycles. The number of nitrogens with one attached hydrogen (secondary N) is 1. The van der Waals surface area contributed by atoms with Gasteiger partial charge in [-0.05, 0) is 24.6 Å². The molecule has 0 heterocycles. The summed E-state index contributed by atoms with van der Waals surface area (Å²) in [5.41, 5.74) is 0.853. The smallest absolute Gasteiger partial charge is 0.328 e. The molecule has 1 amide bonds. The van der Waals surface area contributed by atoms with Crippen LogP contribution in [0.15, 0.2) is 65.6 Å². The number of sulfonamides is 1. The van der Waals surface area contributed by atoms with Gasteiger partial charge in [0.15, 0.2) is 0 Å². The maximum Gasteiger partial charge on any atom is 0.328 e. The van der Waals surface area contributed by atoms with Crippen LogP contribution >= 0.6 is 0 Å². The summed E-state index contributed by atoms with van der Waals surface area (Å²) >= 11 is 0. The van der Waals surface area contributed by atoms with Gasteiger partial charge in [-0.15, -0.1) is 0 Å². The molecule has 8 heteroatoms. The fourth-order valence-corrected chi connectivity index (χ4v) is 3.73. The molecule has 150 valence electrons. The SMILES string of the molecule is CCOC(=O)C(Cc1ccccc1)NC(=O)CN(C)S(=O)(=O)c1ccccc1. The third-order valence-electron chi connectivity index (χ3n) is 4.01. The number of hydrogen-bond acceptors (Lipinski definition) is 5. The average molecular weight is 404 g/mol. The van der Waals surface area contributed by atoms with E-state index >= 15 is 0 Å². The van der Waals surface area contributed by atoms with Crippen molar-refractivity contribution in [3.05, 3.63) is 66.2 Å². The highest BCUT2D eigenvalue weighted by Crippen LogP contribution is 2.13. The standard InChI is InChI=1S/C20H24N2O5S/c1-3-27-20(24)18(14-16-10-6-4-7-11-16)21-19(23)15-22(2)28(25,26)17-12-8-5-9-13-17/h4-13,18H,3,14-15H2,1-2H3,(H,21,23). The summed E-state index contributed by atoms with van der Waals surface area (Å²) in [6.07, 6.45) is 0.251. The number of benzene rings is 2. The van der Waals surface area contributed by atoms with Crippen molar-refractivity contribution in [1.29, 1.82) is 0 Å². The van der Waals surface area contributed by atoms with Crippen molar-refractivity contribution in [2.45, 2.75) is 24.3 Å². The van der Waals surface area contributed by atoms with E-state index in [9.17, 15) is 18.0 Å². The summed E-state index contributed by atoms with van der Waals surface area (Å²) in [7, 11) is -2.48. The molecule has 0 spiro atoms. The predicted octanol–water partition coefficient (Wildman–Crippen LogP) is 1.60. The molecule has 0 aliphatic heterocycles. The van der Waals surface area contributed by atoms with E-state index in [4.69, 9.17) is 4.74 Å². The Morgan fingerprint density at radius 2 is 1.61 bits per heavy atom. The number of hydrogen-bond donors (Lipinski definition) is 1. The summed E-state index contributed by atoms with van der Waals surface area (Å²) < 4.78 is 31.1. The first-order valence-corrected chi connectivity index (χ1v) is 10.3. The number of likely N-dealkylation sites (N-methyl/N-ethyl adjacent to an activating group) is 1. The Hall–Kier alpha value is -2.71. The number of amides is 1. The number of nitrogens with zero attached hydrogens (tertiary/aromatic N) is 1. The Labute approximate surface area is 165 Å². The molecule has 28 heavy (non-hydrogen) atoms. The van der Waals surface area contributed by atoms with Gasteiger partial charge < -0.3 is 10.1 Å².